The summed E-state index contributed by atoms with van der Waals surface area (Å²) < 4.78 is 54.2. The van der Waals surface area contributed by atoms with Gasteiger partial charge in [-0.2, -0.15) is 0 Å². The van der Waals surface area contributed by atoms with Crippen LogP contribution in [-0.4, -0.2) is 0 Å². The Bertz CT molecular complexity index is 571. The molecule has 96 valence electrons. The van der Waals surface area contributed by atoms with Crippen LogP contribution in [0.1, 0.15) is 0 Å². The molecule has 0 unspecified atom stereocenters. The van der Waals surface area contributed by atoms with E-state index in [0.717, 1.165) is 0 Å². The van der Waals surface area contributed by atoms with Crippen LogP contribution in [0.25, 0.3) is 10.8 Å². The first kappa shape index (κ1) is 14.0. The highest BCUT2D eigenvalue weighted by molar-refractivity contribution is 6.45. The Morgan fingerprint density at radius 2 is 0.778 bits per heavy atom. The first-order valence-corrected chi connectivity index (χ1v) is 5.77. The number of halogens is 8. The van der Waals surface area contributed by atoms with E-state index in [2.05, 4.69) is 0 Å². The summed E-state index contributed by atoms with van der Waals surface area (Å²) in [7, 11) is 0. The van der Waals surface area contributed by atoms with Crippen molar-refractivity contribution in [2.24, 2.45) is 0 Å². The first-order valence-electron chi connectivity index (χ1n) is 4.26. The van der Waals surface area contributed by atoms with Crippen LogP contribution in [0.2, 0.25) is 20.1 Å². The molecule has 0 spiro atoms. The minimum absolute atomic E-state index is 0.655. The Balaban J connectivity index is 3.22. The molecule has 2 aromatic carbocycles. The summed E-state index contributed by atoms with van der Waals surface area (Å²) in [5.74, 6) is -5.61. The molecule has 18 heavy (non-hydrogen) atoms. The number of hydrogen-bond acceptors (Lipinski definition) is 0. The summed E-state index contributed by atoms with van der Waals surface area (Å²) in [5, 5.41) is -5.12. The van der Waals surface area contributed by atoms with E-state index in [1.54, 1.807) is 0 Å². The molecular formula is C10Cl4F4. The lowest BCUT2D eigenvalue weighted by molar-refractivity contribution is 0.571. The summed E-state index contributed by atoms with van der Waals surface area (Å²) in [6.07, 6.45) is 0. The maximum Gasteiger partial charge on any atom is 0.164 e. The molecule has 2 rings (SSSR count). The molecule has 2 aromatic rings. The molecular weight excluding hydrogens is 338 g/mol. The fraction of sp³-hybridized carbons (Fsp3) is 0. The summed E-state index contributed by atoms with van der Waals surface area (Å²) in [6, 6.07) is 0. The zero-order chi connectivity index (χ0) is 13.8. The molecule has 0 nitrogen and oxygen atoms in total. The normalized spacial score (nSPS) is 11.3. The monoisotopic (exact) mass is 336 g/mol. The zero-order valence-electron chi connectivity index (χ0n) is 8.02. The maximum atomic E-state index is 13.7. The van der Waals surface area contributed by atoms with Gasteiger partial charge in [-0.1, -0.05) is 46.4 Å². The van der Waals surface area contributed by atoms with Crippen molar-refractivity contribution in [2.75, 3.05) is 0 Å². The van der Waals surface area contributed by atoms with Crippen molar-refractivity contribution in [2.45, 2.75) is 0 Å². The quantitative estimate of drug-likeness (QED) is 0.314. The van der Waals surface area contributed by atoms with Crippen LogP contribution in [0.4, 0.5) is 17.6 Å². The lowest BCUT2D eigenvalue weighted by Crippen LogP contribution is -1.97. The molecule has 8 heteroatoms. The van der Waals surface area contributed by atoms with Crippen LogP contribution in [0.15, 0.2) is 0 Å². The number of rotatable bonds is 0. The van der Waals surface area contributed by atoms with E-state index < -0.39 is 54.1 Å². The summed E-state index contributed by atoms with van der Waals surface area (Å²) in [4.78, 5) is 0. The SMILES string of the molecule is Fc1c(Cl)c(F)c2c(F)c(Cl)c(F)c(Cl)c2c1Cl. The van der Waals surface area contributed by atoms with Gasteiger partial charge < -0.3 is 0 Å². The molecule has 0 aliphatic heterocycles. The van der Waals surface area contributed by atoms with E-state index in [4.69, 9.17) is 46.4 Å². The van der Waals surface area contributed by atoms with Gasteiger partial charge in [0.2, 0.25) is 0 Å². The maximum absolute atomic E-state index is 13.7. The van der Waals surface area contributed by atoms with Gasteiger partial charge in [0.25, 0.3) is 0 Å². The van der Waals surface area contributed by atoms with Crippen LogP contribution in [0.3, 0.4) is 0 Å². The highest BCUT2D eigenvalue weighted by atomic mass is 35.5. The van der Waals surface area contributed by atoms with Gasteiger partial charge in [-0.25, -0.2) is 17.6 Å². The van der Waals surface area contributed by atoms with Gasteiger partial charge in [0.05, 0.1) is 15.4 Å². The van der Waals surface area contributed by atoms with Gasteiger partial charge in [0.1, 0.15) is 10.0 Å². The smallest absolute Gasteiger partial charge is 0.164 e. The fourth-order valence-electron chi connectivity index (χ4n) is 1.46. The molecule has 0 atom stereocenters. The second kappa shape index (κ2) is 4.60. The Hall–Kier alpha value is -0.420. The van der Waals surface area contributed by atoms with Crippen molar-refractivity contribution < 1.29 is 17.6 Å². The predicted octanol–water partition coefficient (Wildman–Crippen LogP) is 6.01. The summed E-state index contributed by atoms with van der Waals surface area (Å²) in [6.45, 7) is 0. The summed E-state index contributed by atoms with van der Waals surface area (Å²) >= 11 is 21.6. The molecule has 0 aromatic heterocycles. The molecule has 0 saturated carbocycles. The first-order chi connectivity index (χ1) is 8.29. The van der Waals surface area contributed by atoms with Gasteiger partial charge >= 0.3 is 0 Å². The zero-order valence-corrected chi connectivity index (χ0v) is 11.0. The van der Waals surface area contributed by atoms with Crippen molar-refractivity contribution in [3.63, 3.8) is 0 Å². The Morgan fingerprint density at radius 1 is 0.444 bits per heavy atom. The van der Waals surface area contributed by atoms with Crippen molar-refractivity contribution in [1.82, 2.24) is 0 Å². The van der Waals surface area contributed by atoms with E-state index in [1.165, 1.54) is 0 Å². The number of fused-ring (bicyclic) bond motifs is 1. The van der Waals surface area contributed by atoms with Crippen molar-refractivity contribution in [3.05, 3.63) is 43.4 Å². The van der Waals surface area contributed by atoms with Crippen LogP contribution in [-0.2, 0) is 0 Å². The van der Waals surface area contributed by atoms with E-state index >= 15 is 0 Å². The second-order valence-electron chi connectivity index (χ2n) is 3.26. The molecule has 0 bridgehead atoms. The lowest BCUT2D eigenvalue weighted by atomic mass is 10.1. The lowest BCUT2D eigenvalue weighted by Gasteiger charge is -2.11. The minimum atomic E-state index is -1.45. The molecule has 0 saturated heterocycles. The summed E-state index contributed by atoms with van der Waals surface area (Å²) in [5.41, 5.74) is 0. The van der Waals surface area contributed by atoms with Gasteiger partial charge in [-0.15, -0.1) is 0 Å². The average molecular weight is 338 g/mol. The second-order valence-corrected chi connectivity index (χ2v) is 4.77. The third-order valence-electron chi connectivity index (χ3n) is 2.28. The predicted molar refractivity (Wildman–Crippen MR) is 63.8 cm³/mol. The standard InChI is InChI=1S/C10Cl4F4/c11-3-1-2(7(15)5(13)9(3)17)8(16)6(14)10(18)4(1)12. The Labute approximate surface area is 118 Å². The van der Waals surface area contributed by atoms with Gasteiger partial charge in [0, 0.05) is 5.39 Å². The highest BCUT2D eigenvalue weighted by Gasteiger charge is 2.27. The topological polar surface area (TPSA) is 0 Å². The van der Waals surface area contributed by atoms with Crippen LogP contribution in [0, 0.1) is 23.3 Å². The van der Waals surface area contributed by atoms with Crippen LogP contribution in [0.5, 0.6) is 0 Å². The number of benzene rings is 2. The Morgan fingerprint density at radius 3 is 1.11 bits per heavy atom. The largest absolute Gasteiger partial charge is 0.204 e. The molecule has 0 radical (unpaired) electrons. The van der Waals surface area contributed by atoms with Gasteiger partial charge in [0.15, 0.2) is 23.3 Å². The van der Waals surface area contributed by atoms with Crippen molar-refractivity contribution in [3.8, 4) is 0 Å². The molecule has 0 amide bonds. The minimum Gasteiger partial charge on any atom is -0.204 e. The van der Waals surface area contributed by atoms with Crippen molar-refractivity contribution in [1.29, 1.82) is 0 Å². The molecule has 0 aliphatic rings. The third kappa shape index (κ3) is 1.74. The van der Waals surface area contributed by atoms with E-state index in [0.29, 0.717) is 0 Å². The molecule has 0 fully saturated rings. The fourth-order valence-corrected chi connectivity index (χ4v) is 2.55. The van der Waals surface area contributed by atoms with E-state index in [1.807, 2.05) is 0 Å². The van der Waals surface area contributed by atoms with Gasteiger partial charge in [-0.3, -0.25) is 0 Å². The van der Waals surface area contributed by atoms with Crippen LogP contribution >= 0.6 is 46.4 Å². The average Bonchev–Trinajstić information content (AvgIpc) is 2.35. The third-order valence-corrected chi connectivity index (χ3v) is 3.66. The van der Waals surface area contributed by atoms with E-state index in [-0.39, 0.29) is 0 Å². The highest BCUT2D eigenvalue weighted by Crippen LogP contribution is 2.43. The van der Waals surface area contributed by atoms with Crippen molar-refractivity contribution >= 4 is 57.2 Å². The molecule has 0 aliphatic carbocycles. The Kier molecular flexibility index (Phi) is 3.58. The molecule has 0 heterocycles. The number of hydrogen-bond donors (Lipinski definition) is 0. The van der Waals surface area contributed by atoms with E-state index in [9.17, 15) is 17.6 Å². The molecule has 0 N–H and O–H groups in total. The van der Waals surface area contributed by atoms with Crippen LogP contribution < -0.4 is 0 Å². The van der Waals surface area contributed by atoms with Gasteiger partial charge in [-0.05, 0) is 0 Å².